The zero-order valence-electron chi connectivity index (χ0n) is 18.1. The van der Waals surface area contributed by atoms with Crippen LogP contribution in [0.5, 0.6) is 0 Å². The summed E-state index contributed by atoms with van der Waals surface area (Å²) in [5, 5.41) is 17.9. The lowest BCUT2D eigenvalue weighted by Gasteiger charge is -2.20. The van der Waals surface area contributed by atoms with Crippen LogP contribution >= 0.6 is 0 Å². The zero-order chi connectivity index (χ0) is 23.8. The molecule has 0 fully saturated rings. The van der Waals surface area contributed by atoms with Crippen molar-refractivity contribution in [2.24, 2.45) is 0 Å². The fraction of sp³-hybridized carbons (Fsp3) is 0.200. The highest BCUT2D eigenvalue weighted by Gasteiger charge is 2.26. The Morgan fingerprint density at radius 1 is 0.970 bits per heavy atom. The van der Waals surface area contributed by atoms with Crippen molar-refractivity contribution in [3.8, 4) is 0 Å². The first-order valence-corrected chi connectivity index (χ1v) is 10.6. The molecule has 0 aliphatic heterocycles. The molecular weight excluding hydrogens is 422 g/mol. The van der Waals surface area contributed by atoms with Crippen molar-refractivity contribution in [3.05, 3.63) is 92.2 Å². The number of carbonyl (C=O) groups is 2. The number of carboxylic acid groups (broad SMARTS) is 1. The molecule has 0 radical (unpaired) electrons. The van der Waals surface area contributed by atoms with E-state index in [2.05, 4.69) is 16.0 Å². The van der Waals surface area contributed by atoms with Gasteiger partial charge in [0, 0.05) is 24.7 Å². The molecule has 0 aliphatic carbocycles. The maximum atomic E-state index is 12.1. The third kappa shape index (κ3) is 6.16. The maximum Gasteiger partial charge on any atom is 0.326 e. The molecule has 3 aromatic carbocycles. The van der Waals surface area contributed by atoms with Crippen LogP contribution in [-0.4, -0.2) is 29.6 Å². The van der Waals surface area contributed by atoms with Gasteiger partial charge in [0.25, 0.3) is 10.9 Å². The highest BCUT2D eigenvalue weighted by molar-refractivity contribution is 6.01. The molecular formula is C25H25N3O5. The Morgan fingerprint density at radius 3 is 2.27 bits per heavy atom. The fourth-order valence-electron chi connectivity index (χ4n) is 3.20. The summed E-state index contributed by atoms with van der Waals surface area (Å²) >= 11 is 0. The number of rotatable bonds is 11. The Morgan fingerprint density at radius 2 is 1.64 bits per heavy atom. The van der Waals surface area contributed by atoms with E-state index < -0.39 is 22.9 Å². The number of carboxylic acids is 1. The van der Waals surface area contributed by atoms with Crippen LogP contribution in [0.15, 0.2) is 70.3 Å². The smallest absolute Gasteiger partial charge is 0.326 e. The number of hydrogen-bond acceptors (Lipinski definition) is 6. The third-order valence-electron chi connectivity index (χ3n) is 4.97. The van der Waals surface area contributed by atoms with Crippen molar-refractivity contribution in [2.75, 3.05) is 22.5 Å². The van der Waals surface area contributed by atoms with Crippen LogP contribution in [0.25, 0.3) is 6.08 Å². The number of anilines is 3. The molecule has 3 rings (SSSR count). The number of nitrogens with one attached hydrogen (secondary N) is 3. The topological polar surface area (TPSA) is 125 Å². The lowest BCUT2D eigenvalue weighted by atomic mass is 10.0. The van der Waals surface area contributed by atoms with E-state index in [9.17, 15) is 24.3 Å². The van der Waals surface area contributed by atoms with E-state index in [0.717, 1.165) is 12.0 Å². The lowest BCUT2D eigenvalue weighted by Crippen LogP contribution is -2.42. The standard InChI is InChI=1S/C25H25N3O5/c1-2-14-26-21-22(24(31)23(21)30)28-19(25(32)33)15-17-8-11-18(12-9-17)27-20(29)13-10-16-6-4-3-5-7-16/h3-13,19,26,28H,2,14-15H2,1H3,(H,27,29)(H,32,33)/t19-/m0/s1. The predicted molar refractivity (Wildman–Crippen MR) is 129 cm³/mol. The van der Waals surface area contributed by atoms with Gasteiger partial charge >= 0.3 is 5.97 Å². The Hall–Kier alpha value is -4.20. The van der Waals surface area contributed by atoms with E-state index in [1.807, 2.05) is 37.3 Å². The van der Waals surface area contributed by atoms with Crippen molar-refractivity contribution in [2.45, 2.75) is 25.8 Å². The first kappa shape index (κ1) is 23.5. The third-order valence-corrected chi connectivity index (χ3v) is 4.97. The Balaban J connectivity index is 1.61. The molecule has 170 valence electrons. The molecule has 0 unspecified atom stereocenters. The van der Waals surface area contributed by atoms with Gasteiger partial charge in [-0.2, -0.15) is 0 Å². The molecule has 1 amide bonds. The van der Waals surface area contributed by atoms with Gasteiger partial charge in [-0.1, -0.05) is 49.4 Å². The fourth-order valence-corrected chi connectivity index (χ4v) is 3.20. The van der Waals surface area contributed by atoms with Gasteiger partial charge in [-0.05, 0) is 35.8 Å². The largest absolute Gasteiger partial charge is 0.480 e. The first-order valence-electron chi connectivity index (χ1n) is 10.6. The SMILES string of the molecule is CCCNc1c(N[C@@H](Cc2ccc(NC(=O)C=Cc3ccccc3)cc2)C(=O)O)c(=O)c1=O. The molecule has 0 aromatic heterocycles. The summed E-state index contributed by atoms with van der Waals surface area (Å²) in [7, 11) is 0. The van der Waals surface area contributed by atoms with Gasteiger partial charge in [0.2, 0.25) is 5.91 Å². The Labute approximate surface area is 190 Å². The summed E-state index contributed by atoms with van der Waals surface area (Å²) in [6, 6.07) is 15.1. The van der Waals surface area contributed by atoms with E-state index in [-0.39, 0.29) is 23.7 Å². The second-order valence-corrected chi connectivity index (χ2v) is 7.50. The predicted octanol–water partition coefficient (Wildman–Crippen LogP) is 2.86. The van der Waals surface area contributed by atoms with Crippen molar-refractivity contribution < 1.29 is 14.7 Å². The van der Waals surface area contributed by atoms with Gasteiger partial charge in [-0.25, -0.2) is 4.79 Å². The molecule has 33 heavy (non-hydrogen) atoms. The Bertz CT molecular complexity index is 1210. The van der Waals surface area contributed by atoms with Crippen LogP contribution in [0.2, 0.25) is 0 Å². The highest BCUT2D eigenvalue weighted by atomic mass is 16.4. The monoisotopic (exact) mass is 447 g/mol. The van der Waals surface area contributed by atoms with E-state index in [4.69, 9.17) is 0 Å². The Kier molecular flexibility index (Phi) is 7.75. The second-order valence-electron chi connectivity index (χ2n) is 7.50. The van der Waals surface area contributed by atoms with Crippen molar-refractivity contribution in [1.29, 1.82) is 0 Å². The minimum atomic E-state index is -1.15. The van der Waals surface area contributed by atoms with Gasteiger partial charge in [0.15, 0.2) is 0 Å². The van der Waals surface area contributed by atoms with E-state index in [1.54, 1.807) is 30.3 Å². The average Bonchev–Trinajstić information content (AvgIpc) is 2.82. The molecule has 4 N–H and O–H groups in total. The van der Waals surface area contributed by atoms with Crippen LogP contribution < -0.4 is 26.8 Å². The molecule has 0 heterocycles. The quantitative estimate of drug-likeness (QED) is 0.263. The number of aliphatic carboxylic acids is 1. The van der Waals surface area contributed by atoms with Gasteiger partial charge in [-0.3, -0.25) is 14.4 Å². The highest BCUT2D eigenvalue weighted by Crippen LogP contribution is 2.18. The minimum Gasteiger partial charge on any atom is -0.480 e. The summed E-state index contributed by atoms with van der Waals surface area (Å²) < 4.78 is 0. The maximum absolute atomic E-state index is 12.1. The molecule has 3 aromatic rings. The van der Waals surface area contributed by atoms with Gasteiger partial charge in [-0.15, -0.1) is 0 Å². The first-order chi connectivity index (χ1) is 15.9. The van der Waals surface area contributed by atoms with Crippen LogP contribution in [-0.2, 0) is 16.0 Å². The number of carbonyl (C=O) groups excluding carboxylic acids is 1. The summed E-state index contributed by atoms with van der Waals surface area (Å²) in [5.74, 6) is -1.43. The molecule has 0 bridgehead atoms. The van der Waals surface area contributed by atoms with E-state index in [0.29, 0.717) is 17.8 Å². The summed E-state index contributed by atoms with van der Waals surface area (Å²) in [5.41, 5.74) is 0.942. The summed E-state index contributed by atoms with van der Waals surface area (Å²) in [6.45, 7) is 2.42. The van der Waals surface area contributed by atoms with Crippen LogP contribution in [0.1, 0.15) is 24.5 Å². The van der Waals surface area contributed by atoms with Crippen LogP contribution in [0, 0.1) is 0 Å². The second kappa shape index (κ2) is 10.9. The lowest BCUT2D eigenvalue weighted by molar-refractivity contribution is -0.137. The van der Waals surface area contributed by atoms with Gasteiger partial charge < -0.3 is 21.1 Å². The van der Waals surface area contributed by atoms with E-state index >= 15 is 0 Å². The van der Waals surface area contributed by atoms with E-state index in [1.165, 1.54) is 6.08 Å². The molecule has 8 nitrogen and oxygen atoms in total. The number of amides is 1. The zero-order valence-corrected chi connectivity index (χ0v) is 18.1. The molecule has 0 saturated carbocycles. The summed E-state index contributed by atoms with van der Waals surface area (Å²) in [4.78, 5) is 47.5. The van der Waals surface area contributed by atoms with Crippen molar-refractivity contribution >= 4 is 35.0 Å². The molecule has 1 atom stereocenters. The van der Waals surface area contributed by atoms with Crippen LogP contribution in [0.4, 0.5) is 17.1 Å². The average molecular weight is 447 g/mol. The molecule has 0 saturated heterocycles. The normalized spacial score (nSPS) is 11.9. The van der Waals surface area contributed by atoms with Gasteiger partial charge in [0.1, 0.15) is 17.4 Å². The molecule has 0 aliphatic rings. The minimum absolute atomic E-state index is 0.00920. The van der Waals surface area contributed by atoms with Crippen molar-refractivity contribution in [3.63, 3.8) is 0 Å². The molecule has 8 heteroatoms. The molecule has 0 spiro atoms. The van der Waals surface area contributed by atoms with Gasteiger partial charge in [0.05, 0.1) is 0 Å². The summed E-state index contributed by atoms with van der Waals surface area (Å²) in [6.07, 6.45) is 3.98. The number of benzene rings is 2. The van der Waals surface area contributed by atoms with Crippen molar-refractivity contribution in [1.82, 2.24) is 0 Å². The van der Waals surface area contributed by atoms with Crippen LogP contribution in [0.3, 0.4) is 0 Å². The number of hydrogen-bond donors (Lipinski definition) is 4.